The van der Waals surface area contributed by atoms with Gasteiger partial charge in [0.25, 0.3) is 0 Å². The molecular weight excluding hydrogens is 230 g/mol. The quantitative estimate of drug-likeness (QED) is 0.317. The molecule has 0 atom stereocenters. The van der Waals surface area contributed by atoms with Crippen molar-refractivity contribution in [2.45, 2.75) is 25.4 Å². The van der Waals surface area contributed by atoms with E-state index >= 15 is 0 Å². The number of hydrogen-bond donors (Lipinski definition) is 3. The molecule has 1 heterocycles. The Balaban J connectivity index is 2.24. The van der Waals surface area contributed by atoms with E-state index in [9.17, 15) is 5.11 Å². The molecule has 0 aliphatic carbocycles. The summed E-state index contributed by atoms with van der Waals surface area (Å²) >= 11 is 0. The van der Waals surface area contributed by atoms with Gasteiger partial charge in [0.15, 0.2) is 5.84 Å². The van der Waals surface area contributed by atoms with Gasteiger partial charge in [0.1, 0.15) is 0 Å². The molecule has 1 aromatic carbocycles. The second-order valence-corrected chi connectivity index (χ2v) is 4.99. The number of anilines is 1. The lowest BCUT2D eigenvalue weighted by Crippen LogP contribution is -2.43. The Morgan fingerprint density at radius 1 is 1.33 bits per heavy atom. The van der Waals surface area contributed by atoms with E-state index in [0.717, 1.165) is 37.2 Å². The molecule has 1 fully saturated rings. The number of hydrogen-bond acceptors (Lipinski definition) is 4. The van der Waals surface area contributed by atoms with Crippen molar-refractivity contribution in [3.8, 4) is 0 Å². The highest BCUT2D eigenvalue weighted by Gasteiger charge is 2.28. The zero-order valence-electron chi connectivity index (χ0n) is 10.5. The third-order valence-electron chi connectivity index (χ3n) is 3.47. The van der Waals surface area contributed by atoms with E-state index in [1.165, 1.54) is 0 Å². The Kier molecular flexibility index (Phi) is 3.43. The summed E-state index contributed by atoms with van der Waals surface area (Å²) in [6.07, 6.45) is 1.44. The zero-order valence-corrected chi connectivity index (χ0v) is 10.5. The van der Waals surface area contributed by atoms with Gasteiger partial charge < -0.3 is 20.9 Å². The van der Waals surface area contributed by atoms with E-state index in [4.69, 9.17) is 10.9 Å². The summed E-state index contributed by atoms with van der Waals surface area (Å²) in [5.41, 5.74) is 6.77. The van der Waals surface area contributed by atoms with Crippen molar-refractivity contribution in [1.82, 2.24) is 0 Å². The molecule has 4 N–H and O–H groups in total. The fraction of sp³-hybridized carbons (Fsp3) is 0.462. The molecule has 0 aromatic heterocycles. The van der Waals surface area contributed by atoms with Crippen LogP contribution in [0.4, 0.5) is 5.69 Å². The summed E-state index contributed by atoms with van der Waals surface area (Å²) in [5.74, 6) is 0.114. The van der Waals surface area contributed by atoms with Crippen molar-refractivity contribution < 1.29 is 10.3 Å². The van der Waals surface area contributed by atoms with Crippen LogP contribution in [0.1, 0.15) is 25.3 Å². The van der Waals surface area contributed by atoms with Crippen molar-refractivity contribution in [1.29, 1.82) is 0 Å². The van der Waals surface area contributed by atoms with Crippen molar-refractivity contribution in [2.75, 3.05) is 18.0 Å². The van der Waals surface area contributed by atoms with Crippen molar-refractivity contribution in [3.63, 3.8) is 0 Å². The maximum atomic E-state index is 9.95. The average molecular weight is 249 g/mol. The number of amidine groups is 1. The van der Waals surface area contributed by atoms with Crippen LogP contribution in [0.15, 0.2) is 29.4 Å². The average Bonchev–Trinajstić information content (AvgIpc) is 2.38. The van der Waals surface area contributed by atoms with Crippen LogP contribution in [0.25, 0.3) is 0 Å². The molecule has 5 heteroatoms. The normalized spacial score (nSPS) is 19.9. The number of piperidine rings is 1. The van der Waals surface area contributed by atoms with Gasteiger partial charge in [-0.25, -0.2) is 0 Å². The number of benzene rings is 1. The molecule has 0 bridgehead atoms. The Morgan fingerprint density at radius 2 is 1.94 bits per heavy atom. The molecule has 1 aliphatic rings. The van der Waals surface area contributed by atoms with Gasteiger partial charge in [0, 0.05) is 24.3 Å². The molecule has 1 aromatic rings. The van der Waals surface area contributed by atoms with E-state index in [2.05, 4.69) is 10.1 Å². The number of oxime groups is 1. The van der Waals surface area contributed by atoms with Gasteiger partial charge in [0.2, 0.25) is 0 Å². The van der Waals surface area contributed by atoms with Crippen LogP contribution in [0.5, 0.6) is 0 Å². The molecule has 1 aliphatic heterocycles. The highest BCUT2D eigenvalue weighted by atomic mass is 16.4. The lowest BCUT2D eigenvalue weighted by molar-refractivity contribution is 0.0351. The maximum absolute atomic E-state index is 9.95. The molecule has 0 unspecified atom stereocenters. The minimum absolute atomic E-state index is 0.114. The van der Waals surface area contributed by atoms with Gasteiger partial charge in [0.05, 0.1) is 5.60 Å². The Bertz CT molecular complexity index is 447. The molecule has 0 amide bonds. The number of rotatable bonds is 2. The number of aliphatic hydroxyl groups is 1. The van der Waals surface area contributed by atoms with Gasteiger partial charge in [-0.15, -0.1) is 0 Å². The van der Waals surface area contributed by atoms with Crippen LogP contribution in [0.3, 0.4) is 0 Å². The molecule has 98 valence electrons. The fourth-order valence-corrected chi connectivity index (χ4v) is 2.25. The fourth-order valence-electron chi connectivity index (χ4n) is 2.25. The summed E-state index contributed by atoms with van der Waals surface area (Å²) in [7, 11) is 0. The predicted octanol–water partition coefficient (Wildman–Crippen LogP) is 1.13. The van der Waals surface area contributed by atoms with E-state index in [0.29, 0.717) is 0 Å². The SMILES string of the molecule is CC1(O)CCN(c2ccccc2/C(N)=N/O)CC1. The first-order valence-electron chi connectivity index (χ1n) is 6.08. The van der Waals surface area contributed by atoms with Gasteiger partial charge >= 0.3 is 0 Å². The number of nitrogens with two attached hydrogens (primary N) is 1. The monoisotopic (exact) mass is 249 g/mol. The first-order chi connectivity index (χ1) is 8.53. The van der Waals surface area contributed by atoms with Gasteiger partial charge in [-0.1, -0.05) is 17.3 Å². The smallest absolute Gasteiger partial charge is 0.172 e. The predicted molar refractivity (Wildman–Crippen MR) is 71.0 cm³/mol. The third-order valence-corrected chi connectivity index (χ3v) is 3.47. The van der Waals surface area contributed by atoms with Gasteiger partial charge in [-0.3, -0.25) is 0 Å². The van der Waals surface area contributed by atoms with E-state index in [1.807, 2.05) is 31.2 Å². The topological polar surface area (TPSA) is 82.1 Å². The highest BCUT2D eigenvalue weighted by Crippen LogP contribution is 2.28. The van der Waals surface area contributed by atoms with E-state index in [1.54, 1.807) is 0 Å². The minimum Gasteiger partial charge on any atom is -0.409 e. The van der Waals surface area contributed by atoms with Crippen LogP contribution in [-0.2, 0) is 0 Å². The highest BCUT2D eigenvalue weighted by molar-refractivity contribution is 6.02. The van der Waals surface area contributed by atoms with Crippen LogP contribution in [0.2, 0.25) is 0 Å². The van der Waals surface area contributed by atoms with Crippen molar-refractivity contribution in [2.24, 2.45) is 10.9 Å². The second kappa shape index (κ2) is 4.86. The van der Waals surface area contributed by atoms with Gasteiger partial charge in [-0.2, -0.15) is 0 Å². The largest absolute Gasteiger partial charge is 0.409 e. The number of nitrogens with zero attached hydrogens (tertiary/aromatic N) is 2. The van der Waals surface area contributed by atoms with Crippen molar-refractivity contribution >= 4 is 11.5 Å². The Hall–Kier alpha value is -1.75. The molecule has 2 rings (SSSR count). The Labute approximate surface area is 107 Å². The van der Waals surface area contributed by atoms with Crippen LogP contribution >= 0.6 is 0 Å². The lowest BCUT2D eigenvalue weighted by atomic mass is 9.93. The Morgan fingerprint density at radius 3 is 2.56 bits per heavy atom. The first-order valence-corrected chi connectivity index (χ1v) is 6.08. The van der Waals surface area contributed by atoms with Crippen LogP contribution in [-0.4, -0.2) is 34.8 Å². The molecule has 0 saturated carbocycles. The minimum atomic E-state index is -0.581. The summed E-state index contributed by atoms with van der Waals surface area (Å²) in [6.45, 7) is 3.39. The molecule has 0 spiro atoms. The van der Waals surface area contributed by atoms with Crippen LogP contribution in [0, 0.1) is 0 Å². The van der Waals surface area contributed by atoms with E-state index < -0.39 is 5.60 Å². The van der Waals surface area contributed by atoms with Crippen molar-refractivity contribution in [3.05, 3.63) is 29.8 Å². The first kappa shape index (κ1) is 12.7. The third kappa shape index (κ3) is 2.56. The summed E-state index contributed by atoms with van der Waals surface area (Å²) < 4.78 is 0. The van der Waals surface area contributed by atoms with E-state index in [-0.39, 0.29) is 5.84 Å². The summed E-state index contributed by atoms with van der Waals surface area (Å²) in [5, 5.41) is 21.8. The zero-order chi connectivity index (χ0) is 13.2. The maximum Gasteiger partial charge on any atom is 0.172 e. The summed E-state index contributed by atoms with van der Waals surface area (Å²) in [6, 6.07) is 7.57. The van der Waals surface area contributed by atoms with Crippen LogP contribution < -0.4 is 10.6 Å². The van der Waals surface area contributed by atoms with Gasteiger partial charge in [-0.05, 0) is 31.9 Å². The molecular formula is C13H19N3O2. The molecule has 5 nitrogen and oxygen atoms in total. The molecule has 1 saturated heterocycles. The summed E-state index contributed by atoms with van der Waals surface area (Å²) in [4.78, 5) is 2.16. The number of para-hydroxylation sites is 1. The lowest BCUT2D eigenvalue weighted by Gasteiger charge is -2.37. The second-order valence-electron chi connectivity index (χ2n) is 4.99. The standard InChI is InChI=1S/C13H19N3O2/c1-13(17)6-8-16(9-7-13)11-5-3-2-4-10(11)12(14)15-18/h2-5,17-18H,6-9H2,1H3,(H2,14,15). The molecule has 0 radical (unpaired) electrons. The molecule has 18 heavy (non-hydrogen) atoms.